The summed E-state index contributed by atoms with van der Waals surface area (Å²) < 4.78 is 5.93. The van der Waals surface area contributed by atoms with Crippen LogP contribution in [-0.2, 0) is 16.2 Å². The lowest BCUT2D eigenvalue weighted by atomic mass is 10.0. The largest absolute Gasteiger partial charge is 0.489 e. The Kier molecular flexibility index (Phi) is 8.16. The number of carboxylic acids is 2. The lowest BCUT2D eigenvalue weighted by Gasteiger charge is -2.06. The second-order valence-corrected chi connectivity index (χ2v) is 9.19. The summed E-state index contributed by atoms with van der Waals surface area (Å²) >= 11 is 0. The predicted molar refractivity (Wildman–Crippen MR) is 159 cm³/mol. The van der Waals surface area contributed by atoms with E-state index in [9.17, 15) is 9.59 Å². The van der Waals surface area contributed by atoms with Crippen molar-refractivity contribution in [2.75, 3.05) is 0 Å². The van der Waals surface area contributed by atoms with Gasteiger partial charge in [0.05, 0.1) is 11.4 Å². The van der Waals surface area contributed by atoms with Gasteiger partial charge in [-0.25, -0.2) is 14.6 Å². The zero-order valence-electron chi connectivity index (χ0n) is 21.9. The molecule has 0 saturated carbocycles. The molecule has 0 aliphatic rings. The van der Waals surface area contributed by atoms with Gasteiger partial charge in [0.15, 0.2) is 0 Å². The number of aromatic amines is 1. The quantitative estimate of drug-likeness (QED) is 0.161. The zero-order chi connectivity index (χ0) is 28.6. The highest BCUT2D eigenvalue weighted by Gasteiger charge is 2.16. The molecule has 1 aromatic heterocycles. The fourth-order valence-electron chi connectivity index (χ4n) is 4.23. The second-order valence-electron chi connectivity index (χ2n) is 9.19. The summed E-state index contributed by atoms with van der Waals surface area (Å²) in [6.07, 6.45) is 5.27. The van der Waals surface area contributed by atoms with Crippen LogP contribution in [0.25, 0.3) is 46.1 Å². The van der Waals surface area contributed by atoms with Gasteiger partial charge in [-0.2, -0.15) is 0 Å². The molecule has 3 N–H and O–H groups in total. The second kappa shape index (κ2) is 12.4. The Morgan fingerprint density at radius 1 is 0.683 bits per heavy atom. The third-order valence-corrected chi connectivity index (χ3v) is 6.30. The number of rotatable bonds is 10. The number of H-pyrrole nitrogens is 1. The molecule has 0 spiro atoms. The van der Waals surface area contributed by atoms with Crippen molar-refractivity contribution < 1.29 is 24.5 Å². The van der Waals surface area contributed by atoms with Crippen LogP contribution in [0, 0.1) is 0 Å². The molecule has 4 aromatic carbocycles. The van der Waals surface area contributed by atoms with Crippen molar-refractivity contribution in [2.45, 2.75) is 6.61 Å². The SMILES string of the molecule is O=C(O)C=Cc1ccc(-c2nc(-c3ccc(OCc4ccccc4)cc3)[nH]c2-c2ccc(C=CC(=O)O)cc2)cc1. The van der Waals surface area contributed by atoms with Gasteiger partial charge in [0.25, 0.3) is 0 Å². The Balaban J connectivity index is 1.46. The van der Waals surface area contributed by atoms with E-state index in [1.54, 1.807) is 0 Å². The van der Waals surface area contributed by atoms with Crippen LogP contribution < -0.4 is 4.74 Å². The van der Waals surface area contributed by atoms with E-state index in [4.69, 9.17) is 19.9 Å². The standard InChI is InChI=1S/C34H26N2O5/c37-30(38)20-10-23-6-12-26(13-7-23)32-33(27-14-8-24(9-15-27)11-21-31(39)40)36-34(35-32)28-16-18-29(19-17-28)41-22-25-4-2-1-3-5-25/h1-21H,22H2,(H,35,36)(H,37,38)(H,39,40). The molecular weight excluding hydrogens is 516 g/mol. The van der Waals surface area contributed by atoms with E-state index in [0.29, 0.717) is 12.4 Å². The topological polar surface area (TPSA) is 113 Å². The number of carbonyl (C=O) groups is 2. The first-order valence-electron chi connectivity index (χ1n) is 12.8. The maximum absolute atomic E-state index is 10.9. The van der Waals surface area contributed by atoms with Gasteiger partial charge >= 0.3 is 11.9 Å². The molecule has 41 heavy (non-hydrogen) atoms. The summed E-state index contributed by atoms with van der Waals surface area (Å²) in [5.41, 5.74) is 6.75. The smallest absolute Gasteiger partial charge is 0.328 e. The molecule has 202 valence electrons. The van der Waals surface area contributed by atoms with E-state index in [0.717, 1.165) is 62.7 Å². The first-order chi connectivity index (χ1) is 19.9. The highest BCUT2D eigenvalue weighted by Crippen LogP contribution is 2.34. The van der Waals surface area contributed by atoms with Crippen LogP contribution in [0.1, 0.15) is 16.7 Å². The monoisotopic (exact) mass is 542 g/mol. The Labute approximate surface area is 236 Å². The van der Waals surface area contributed by atoms with E-state index < -0.39 is 11.9 Å². The fourth-order valence-corrected chi connectivity index (χ4v) is 4.23. The van der Waals surface area contributed by atoms with Crippen LogP contribution in [-0.4, -0.2) is 32.1 Å². The Morgan fingerprint density at radius 2 is 1.22 bits per heavy atom. The molecule has 7 heteroatoms. The van der Waals surface area contributed by atoms with Crippen molar-refractivity contribution >= 4 is 24.1 Å². The molecule has 0 aliphatic heterocycles. The number of hydrogen-bond acceptors (Lipinski definition) is 4. The summed E-state index contributed by atoms with van der Waals surface area (Å²) in [7, 11) is 0. The number of hydrogen-bond donors (Lipinski definition) is 3. The molecule has 0 amide bonds. The number of carboxylic acid groups (broad SMARTS) is 2. The van der Waals surface area contributed by atoms with Crippen LogP contribution >= 0.6 is 0 Å². The van der Waals surface area contributed by atoms with Crippen molar-refractivity contribution in [1.82, 2.24) is 9.97 Å². The third-order valence-electron chi connectivity index (χ3n) is 6.30. The number of ether oxygens (including phenoxy) is 1. The molecule has 0 unspecified atom stereocenters. The van der Waals surface area contributed by atoms with Gasteiger partial charge in [0.1, 0.15) is 18.2 Å². The van der Waals surface area contributed by atoms with Crippen LogP contribution in [0.4, 0.5) is 0 Å². The highest BCUT2D eigenvalue weighted by atomic mass is 16.5. The molecule has 0 bridgehead atoms. The minimum absolute atomic E-state index is 0.477. The molecule has 5 rings (SSSR count). The molecule has 0 radical (unpaired) electrons. The summed E-state index contributed by atoms with van der Waals surface area (Å²) in [6.45, 7) is 0.477. The van der Waals surface area contributed by atoms with Gasteiger partial charge in [0.2, 0.25) is 0 Å². The van der Waals surface area contributed by atoms with E-state index >= 15 is 0 Å². The number of aromatic nitrogens is 2. The van der Waals surface area contributed by atoms with Gasteiger partial charge in [-0.1, -0.05) is 78.9 Å². The zero-order valence-corrected chi connectivity index (χ0v) is 21.9. The summed E-state index contributed by atoms with van der Waals surface area (Å²) in [6, 6.07) is 32.7. The highest BCUT2D eigenvalue weighted by molar-refractivity contribution is 5.87. The summed E-state index contributed by atoms with van der Waals surface area (Å²) in [5, 5.41) is 17.8. The minimum Gasteiger partial charge on any atom is -0.489 e. The summed E-state index contributed by atoms with van der Waals surface area (Å²) in [5.74, 6) is -0.590. The van der Waals surface area contributed by atoms with Crippen LogP contribution in [0.2, 0.25) is 0 Å². The number of aliphatic carboxylic acids is 2. The normalized spacial score (nSPS) is 11.2. The van der Waals surface area contributed by atoms with Crippen LogP contribution in [0.5, 0.6) is 5.75 Å². The Morgan fingerprint density at radius 3 is 1.78 bits per heavy atom. The number of imidazole rings is 1. The van der Waals surface area contributed by atoms with Gasteiger partial charge in [0, 0.05) is 28.8 Å². The third kappa shape index (κ3) is 7.04. The van der Waals surface area contributed by atoms with Crippen LogP contribution in [0.3, 0.4) is 0 Å². The van der Waals surface area contributed by atoms with Crippen LogP contribution in [0.15, 0.2) is 115 Å². The molecule has 0 atom stereocenters. The maximum atomic E-state index is 10.9. The molecule has 7 nitrogen and oxygen atoms in total. The van der Waals surface area contributed by atoms with E-state index in [1.165, 1.54) is 12.2 Å². The molecule has 5 aromatic rings. The van der Waals surface area contributed by atoms with E-state index in [1.807, 2.05) is 103 Å². The minimum atomic E-state index is -1.01. The van der Waals surface area contributed by atoms with Crippen molar-refractivity contribution in [1.29, 1.82) is 0 Å². The van der Waals surface area contributed by atoms with E-state index in [-0.39, 0.29) is 0 Å². The first-order valence-corrected chi connectivity index (χ1v) is 12.8. The lowest BCUT2D eigenvalue weighted by molar-refractivity contribution is -0.132. The lowest BCUT2D eigenvalue weighted by Crippen LogP contribution is -1.94. The van der Waals surface area contributed by atoms with E-state index in [2.05, 4.69) is 4.98 Å². The molecule has 1 heterocycles. The van der Waals surface area contributed by atoms with Crippen molar-refractivity contribution in [3.63, 3.8) is 0 Å². The number of nitrogens with one attached hydrogen (secondary N) is 1. The van der Waals surface area contributed by atoms with Gasteiger partial charge in [-0.15, -0.1) is 0 Å². The summed E-state index contributed by atoms with van der Waals surface area (Å²) in [4.78, 5) is 30.2. The van der Waals surface area contributed by atoms with Gasteiger partial charge in [-0.05, 0) is 53.1 Å². The van der Waals surface area contributed by atoms with Gasteiger partial charge in [-0.3, -0.25) is 0 Å². The van der Waals surface area contributed by atoms with Crippen molar-refractivity contribution in [3.8, 4) is 39.7 Å². The fraction of sp³-hybridized carbons (Fsp3) is 0.0294. The maximum Gasteiger partial charge on any atom is 0.328 e. The molecule has 0 saturated heterocycles. The van der Waals surface area contributed by atoms with Crippen molar-refractivity contribution in [2.24, 2.45) is 0 Å². The molecule has 0 fully saturated rings. The first kappa shape index (κ1) is 26.9. The average Bonchev–Trinajstić information content (AvgIpc) is 3.45. The Hall–Kier alpha value is -5.69. The number of nitrogens with zero attached hydrogens (tertiary/aromatic N) is 1. The van der Waals surface area contributed by atoms with Crippen molar-refractivity contribution in [3.05, 3.63) is 132 Å². The predicted octanol–water partition coefficient (Wildman–Crippen LogP) is 7.19. The van der Waals surface area contributed by atoms with Gasteiger partial charge < -0.3 is 19.9 Å². The molecular formula is C34H26N2O5. The number of benzene rings is 4. The average molecular weight is 543 g/mol. The Bertz CT molecular complexity index is 1620. The molecule has 0 aliphatic carbocycles.